The van der Waals surface area contributed by atoms with E-state index in [2.05, 4.69) is 11.5 Å². The summed E-state index contributed by atoms with van der Waals surface area (Å²) in [4.78, 5) is 24.0. The number of hydrogen-bond donors (Lipinski definition) is 1. The fourth-order valence-electron chi connectivity index (χ4n) is 2.63. The van der Waals surface area contributed by atoms with Gasteiger partial charge in [-0.05, 0) is 52.5 Å². The topological polar surface area (TPSA) is 49.4 Å². The third-order valence-corrected chi connectivity index (χ3v) is 3.85. The van der Waals surface area contributed by atoms with E-state index in [-0.39, 0.29) is 5.91 Å². The van der Waals surface area contributed by atoms with Gasteiger partial charge in [0.15, 0.2) is 0 Å². The molecule has 0 aromatic carbocycles. The van der Waals surface area contributed by atoms with Crippen molar-refractivity contribution in [3.05, 3.63) is 41.7 Å². The summed E-state index contributed by atoms with van der Waals surface area (Å²) in [6.45, 7) is 5.94. The van der Waals surface area contributed by atoms with Gasteiger partial charge in [0.05, 0.1) is 17.0 Å². The molecule has 0 aliphatic heterocycles. The van der Waals surface area contributed by atoms with Crippen LogP contribution in [-0.4, -0.2) is 22.4 Å². The van der Waals surface area contributed by atoms with Gasteiger partial charge in [-0.25, -0.2) is 4.79 Å². The zero-order chi connectivity index (χ0) is 16.2. The van der Waals surface area contributed by atoms with Crippen molar-refractivity contribution in [2.75, 3.05) is 0 Å². The molecule has 2 rings (SSSR count). The molecule has 0 radical (unpaired) electrons. The van der Waals surface area contributed by atoms with Crippen LogP contribution >= 0.6 is 0 Å². The van der Waals surface area contributed by atoms with Gasteiger partial charge in [0.1, 0.15) is 5.94 Å². The van der Waals surface area contributed by atoms with E-state index < -0.39 is 11.5 Å². The Morgan fingerprint density at radius 3 is 2.68 bits per heavy atom. The van der Waals surface area contributed by atoms with E-state index in [1.807, 2.05) is 26.7 Å². The highest BCUT2D eigenvalue weighted by molar-refractivity contribution is 5.88. The molecule has 1 unspecified atom stereocenters. The first-order valence-electron chi connectivity index (χ1n) is 7.83. The number of hydrazine groups is 1. The number of nitrogens with one attached hydrogen (secondary N) is 1. The van der Waals surface area contributed by atoms with E-state index in [9.17, 15) is 9.59 Å². The first-order chi connectivity index (χ1) is 10.4. The van der Waals surface area contributed by atoms with E-state index in [1.54, 1.807) is 29.3 Å². The predicted octanol–water partition coefficient (Wildman–Crippen LogP) is 3.08. The Balaban J connectivity index is 2.23. The van der Waals surface area contributed by atoms with Crippen LogP contribution < -0.4 is 5.43 Å². The molecule has 0 saturated heterocycles. The molecule has 0 aromatic rings. The summed E-state index contributed by atoms with van der Waals surface area (Å²) in [6.07, 6.45) is 13.4. The van der Waals surface area contributed by atoms with Gasteiger partial charge in [-0.2, -0.15) is 0 Å². The number of hydrogen-bond acceptors (Lipinski definition) is 3. The zero-order valence-corrected chi connectivity index (χ0v) is 13.6. The van der Waals surface area contributed by atoms with Gasteiger partial charge < -0.3 is 0 Å². The van der Waals surface area contributed by atoms with Crippen LogP contribution in [0.15, 0.2) is 41.7 Å². The van der Waals surface area contributed by atoms with E-state index >= 15 is 0 Å². The van der Waals surface area contributed by atoms with Crippen molar-refractivity contribution in [2.24, 2.45) is 5.92 Å². The average Bonchev–Trinajstić information content (AvgIpc) is 2.52. The first kappa shape index (κ1) is 16.3. The van der Waals surface area contributed by atoms with E-state index in [4.69, 9.17) is 0 Å². The van der Waals surface area contributed by atoms with Gasteiger partial charge in [-0.3, -0.25) is 15.2 Å². The summed E-state index contributed by atoms with van der Waals surface area (Å²) in [5.74, 6) is 1.19. The molecule has 0 aromatic heterocycles. The Hall–Kier alpha value is -2.06. The smallest absolute Gasteiger partial charge is 0.253 e. The van der Waals surface area contributed by atoms with Crippen LogP contribution in [0.1, 0.15) is 46.5 Å². The van der Waals surface area contributed by atoms with E-state index in [1.165, 1.54) is 6.42 Å². The molecule has 0 saturated carbocycles. The summed E-state index contributed by atoms with van der Waals surface area (Å²) in [7, 11) is 0. The van der Waals surface area contributed by atoms with Crippen molar-refractivity contribution >= 4 is 11.8 Å². The van der Waals surface area contributed by atoms with Crippen LogP contribution in [0.25, 0.3) is 0 Å². The van der Waals surface area contributed by atoms with Gasteiger partial charge in [-0.15, -0.1) is 0 Å². The number of nitrogens with zero attached hydrogens (tertiary/aromatic N) is 1. The van der Waals surface area contributed by atoms with Crippen molar-refractivity contribution in [1.29, 1.82) is 0 Å². The van der Waals surface area contributed by atoms with Crippen molar-refractivity contribution in [2.45, 2.75) is 52.0 Å². The number of carbonyl (C=O) groups excluding carboxylic acids is 2. The highest BCUT2D eigenvalue weighted by Crippen LogP contribution is 2.24. The second-order valence-electron chi connectivity index (χ2n) is 6.71. The predicted molar refractivity (Wildman–Crippen MR) is 87.3 cm³/mol. The highest BCUT2D eigenvalue weighted by atomic mass is 16.2. The van der Waals surface area contributed by atoms with Gasteiger partial charge >= 0.3 is 0 Å². The Morgan fingerprint density at radius 1 is 1.32 bits per heavy atom. The minimum absolute atomic E-state index is 0.127. The lowest BCUT2D eigenvalue weighted by atomic mass is 9.93. The van der Waals surface area contributed by atoms with Crippen molar-refractivity contribution in [3.63, 3.8) is 0 Å². The number of carbonyl (C=O) groups is 1. The van der Waals surface area contributed by atoms with Crippen LogP contribution in [-0.2, 0) is 9.59 Å². The maximum Gasteiger partial charge on any atom is 0.253 e. The highest BCUT2D eigenvalue weighted by Gasteiger charge is 2.33. The molecular weight excluding hydrogens is 276 g/mol. The van der Waals surface area contributed by atoms with Crippen molar-refractivity contribution in [1.82, 2.24) is 10.4 Å². The number of rotatable bonds is 3. The maximum atomic E-state index is 12.9. The summed E-state index contributed by atoms with van der Waals surface area (Å²) >= 11 is 0. The normalized spacial score (nSPS) is 21.1. The molecule has 118 valence electrons. The minimum Gasteiger partial charge on any atom is -0.300 e. The average molecular weight is 300 g/mol. The molecule has 2 aliphatic rings. The molecule has 0 heterocycles. The molecular formula is C18H24N2O2. The zero-order valence-electron chi connectivity index (χ0n) is 13.6. The molecule has 2 aliphatic carbocycles. The minimum atomic E-state index is -0.571. The maximum absolute atomic E-state index is 12.9. The first-order valence-corrected chi connectivity index (χ1v) is 7.83. The lowest BCUT2D eigenvalue weighted by Gasteiger charge is -2.39. The fourth-order valence-corrected chi connectivity index (χ4v) is 2.63. The van der Waals surface area contributed by atoms with Gasteiger partial charge in [-0.1, -0.05) is 24.3 Å². The molecule has 1 N–H and O–H groups in total. The molecule has 0 spiro atoms. The molecule has 1 atom stereocenters. The van der Waals surface area contributed by atoms with Crippen LogP contribution in [0, 0.1) is 5.92 Å². The summed E-state index contributed by atoms with van der Waals surface area (Å²) in [5, 5.41) is 1.65. The standard InChI is InChI=1S/C18H24N2O2/c1-18(2,3)20(19-15-10-5-4-6-11-15)17(22)16-12-8-7-9-14(16)13-21/h7-10,12,16,19H,4-6,11H2,1-3H3. The Morgan fingerprint density at radius 2 is 2.09 bits per heavy atom. The van der Waals surface area contributed by atoms with Crippen molar-refractivity contribution < 1.29 is 9.59 Å². The number of amides is 1. The quantitative estimate of drug-likeness (QED) is 0.643. The second-order valence-corrected chi connectivity index (χ2v) is 6.71. The lowest BCUT2D eigenvalue weighted by Crippen LogP contribution is -2.55. The molecule has 4 nitrogen and oxygen atoms in total. The summed E-state index contributed by atoms with van der Waals surface area (Å²) < 4.78 is 0. The monoisotopic (exact) mass is 300 g/mol. The second kappa shape index (κ2) is 6.80. The van der Waals surface area contributed by atoms with Crippen LogP contribution in [0.3, 0.4) is 0 Å². The van der Waals surface area contributed by atoms with Gasteiger partial charge in [0.2, 0.25) is 0 Å². The van der Waals surface area contributed by atoms with E-state index in [0.717, 1.165) is 25.0 Å². The summed E-state index contributed by atoms with van der Waals surface area (Å²) in [5.41, 5.74) is 4.35. The Kier molecular flexibility index (Phi) is 5.04. The Labute approximate surface area is 132 Å². The molecule has 22 heavy (non-hydrogen) atoms. The number of allylic oxidation sites excluding steroid dienone is 5. The third kappa shape index (κ3) is 3.77. The van der Waals surface area contributed by atoms with Gasteiger partial charge in [0.25, 0.3) is 5.91 Å². The van der Waals surface area contributed by atoms with Crippen molar-refractivity contribution in [3.8, 4) is 0 Å². The van der Waals surface area contributed by atoms with Crippen LogP contribution in [0.5, 0.6) is 0 Å². The fraction of sp³-hybridized carbons (Fsp3) is 0.500. The molecule has 4 heteroatoms. The molecule has 0 fully saturated rings. The lowest BCUT2D eigenvalue weighted by molar-refractivity contribution is -0.141. The Bertz CT molecular complexity index is 572. The van der Waals surface area contributed by atoms with Crippen LogP contribution in [0.2, 0.25) is 0 Å². The SMILES string of the molecule is CC(C)(C)N(NC1=CCCCC1)C(=O)C1C=CC=CC1=C=O. The largest absolute Gasteiger partial charge is 0.300 e. The summed E-state index contributed by atoms with van der Waals surface area (Å²) in [6, 6.07) is 0. The van der Waals surface area contributed by atoms with Crippen LogP contribution in [0.4, 0.5) is 0 Å². The third-order valence-electron chi connectivity index (χ3n) is 3.85. The molecule has 0 bridgehead atoms. The van der Waals surface area contributed by atoms with Gasteiger partial charge in [0, 0.05) is 5.70 Å². The molecule has 1 amide bonds. The van der Waals surface area contributed by atoms with E-state index in [0.29, 0.717) is 5.57 Å².